The molecule has 0 aromatic heterocycles. The number of hydrogen-bond donors (Lipinski definition) is 2. The molecule has 0 radical (unpaired) electrons. The Labute approximate surface area is 94.4 Å². The van der Waals surface area contributed by atoms with Gasteiger partial charge in [-0.3, -0.25) is 4.79 Å². The molecule has 0 atom stereocenters. The predicted octanol–water partition coefficient (Wildman–Crippen LogP) is 2.21. The quantitative estimate of drug-likeness (QED) is 0.793. The van der Waals surface area contributed by atoms with Gasteiger partial charge in [0, 0.05) is 5.69 Å². The van der Waals surface area contributed by atoms with Crippen LogP contribution in [-0.4, -0.2) is 18.6 Å². The van der Waals surface area contributed by atoms with E-state index in [0.29, 0.717) is 0 Å². The molecule has 0 unspecified atom stereocenters. The van der Waals surface area contributed by atoms with Crippen LogP contribution in [0.3, 0.4) is 0 Å². The van der Waals surface area contributed by atoms with Crippen molar-refractivity contribution in [1.82, 2.24) is 5.32 Å². The third kappa shape index (κ3) is 3.30. The molecule has 3 nitrogen and oxygen atoms in total. The number of amides is 1. The smallest absolute Gasteiger partial charge is 0.398 e. The molecule has 16 heavy (non-hydrogen) atoms. The van der Waals surface area contributed by atoms with Crippen molar-refractivity contribution in [3.8, 4) is 0 Å². The van der Waals surface area contributed by atoms with Crippen LogP contribution in [0.25, 0.3) is 0 Å². The molecule has 1 aromatic rings. The molecule has 88 valence electrons. The van der Waals surface area contributed by atoms with E-state index < -0.39 is 18.6 Å². The zero-order chi connectivity index (χ0) is 12.3. The summed E-state index contributed by atoms with van der Waals surface area (Å²) in [7, 11) is 0. The molecule has 7 heteroatoms. The largest absolute Gasteiger partial charge is 0.405 e. The standard InChI is InChI=1S/C9H8ClF3N2O/c10-5-2-1-3-6(14)7(5)8(16)15-4-9(11,12)13/h1-3H,4,14H2,(H,15,16). The van der Waals surface area contributed by atoms with Crippen molar-refractivity contribution < 1.29 is 18.0 Å². The summed E-state index contributed by atoms with van der Waals surface area (Å²) in [5, 5.41) is 1.71. The van der Waals surface area contributed by atoms with Crippen molar-refractivity contribution in [2.75, 3.05) is 12.3 Å². The average Bonchev–Trinajstić information content (AvgIpc) is 2.13. The number of anilines is 1. The van der Waals surface area contributed by atoms with Crippen LogP contribution in [0.5, 0.6) is 0 Å². The molecule has 1 amide bonds. The van der Waals surface area contributed by atoms with Crippen molar-refractivity contribution in [3.05, 3.63) is 28.8 Å². The van der Waals surface area contributed by atoms with E-state index >= 15 is 0 Å². The molecule has 0 aliphatic rings. The molecule has 0 aliphatic carbocycles. The van der Waals surface area contributed by atoms with Gasteiger partial charge in [0.1, 0.15) is 6.54 Å². The molecule has 0 heterocycles. The lowest BCUT2D eigenvalue weighted by molar-refractivity contribution is -0.123. The molecule has 0 bridgehead atoms. The predicted molar refractivity (Wildman–Crippen MR) is 54.3 cm³/mol. The molecule has 1 rings (SSSR count). The molecule has 0 spiro atoms. The van der Waals surface area contributed by atoms with Gasteiger partial charge in [0.25, 0.3) is 5.91 Å². The monoisotopic (exact) mass is 252 g/mol. The zero-order valence-electron chi connectivity index (χ0n) is 7.94. The maximum Gasteiger partial charge on any atom is 0.405 e. The van der Waals surface area contributed by atoms with Crippen LogP contribution in [0.4, 0.5) is 18.9 Å². The van der Waals surface area contributed by atoms with E-state index in [1.54, 1.807) is 5.32 Å². The van der Waals surface area contributed by atoms with Gasteiger partial charge in [-0.25, -0.2) is 0 Å². The van der Waals surface area contributed by atoms with Gasteiger partial charge in [-0.15, -0.1) is 0 Å². The van der Waals surface area contributed by atoms with E-state index in [2.05, 4.69) is 0 Å². The second-order valence-electron chi connectivity index (χ2n) is 3.00. The summed E-state index contributed by atoms with van der Waals surface area (Å²) < 4.78 is 35.6. The van der Waals surface area contributed by atoms with Crippen molar-refractivity contribution >= 4 is 23.2 Å². The Morgan fingerprint density at radius 3 is 2.56 bits per heavy atom. The number of alkyl halides is 3. The van der Waals surface area contributed by atoms with E-state index in [1.165, 1.54) is 18.2 Å². The summed E-state index contributed by atoms with van der Waals surface area (Å²) in [6.07, 6.45) is -4.47. The molecule has 0 aliphatic heterocycles. The molecular formula is C9H8ClF3N2O. The normalized spacial score (nSPS) is 11.2. The highest BCUT2D eigenvalue weighted by molar-refractivity contribution is 6.34. The lowest BCUT2D eigenvalue weighted by Gasteiger charge is -2.10. The molecule has 0 saturated heterocycles. The minimum absolute atomic E-state index is 0.0136. The first-order valence-electron chi connectivity index (χ1n) is 4.20. The van der Waals surface area contributed by atoms with Crippen LogP contribution in [0.2, 0.25) is 5.02 Å². The second-order valence-corrected chi connectivity index (χ2v) is 3.41. The van der Waals surface area contributed by atoms with Gasteiger partial charge < -0.3 is 11.1 Å². The highest BCUT2D eigenvalue weighted by Gasteiger charge is 2.28. The van der Waals surface area contributed by atoms with Gasteiger partial charge in [0.05, 0.1) is 10.6 Å². The third-order valence-corrected chi connectivity index (χ3v) is 2.04. The summed E-state index contributed by atoms with van der Waals surface area (Å²) in [6, 6.07) is 4.26. The number of nitrogen functional groups attached to an aromatic ring is 1. The van der Waals surface area contributed by atoms with Gasteiger partial charge in [-0.2, -0.15) is 13.2 Å². The summed E-state index contributed by atoms with van der Waals surface area (Å²) in [4.78, 5) is 11.4. The Kier molecular flexibility index (Phi) is 3.64. The average molecular weight is 253 g/mol. The summed E-state index contributed by atoms with van der Waals surface area (Å²) in [5.74, 6) is -0.944. The van der Waals surface area contributed by atoms with Crippen molar-refractivity contribution in [2.24, 2.45) is 0 Å². The van der Waals surface area contributed by atoms with E-state index in [1.807, 2.05) is 0 Å². The lowest BCUT2D eigenvalue weighted by Crippen LogP contribution is -2.34. The van der Waals surface area contributed by atoms with Crippen LogP contribution < -0.4 is 11.1 Å². The molecule has 0 fully saturated rings. The number of nitrogens with two attached hydrogens (primary N) is 1. The Hall–Kier alpha value is -1.43. The number of benzene rings is 1. The first kappa shape index (κ1) is 12.6. The van der Waals surface area contributed by atoms with Gasteiger partial charge in [-0.1, -0.05) is 17.7 Å². The number of carbonyl (C=O) groups excluding carboxylic acids is 1. The number of halogens is 4. The Balaban J connectivity index is 2.81. The second kappa shape index (κ2) is 4.61. The Morgan fingerprint density at radius 2 is 2.06 bits per heavy atom. The van der Waals surface area contributed by atoms with Crippen LogP contribution in [-0.2, 0) is 0 Å². The highest BCUT2D eigenvalue weighted by atomic mass is 35.5. The fourth-order valence-electron chi connectivity index (χ4n) is 1.05. The molecule has 1 aromatic carbocycles. The van der Waals surface area contributed by atoms with Gasteiger partial charge in [0.2, 0.25) is 0 Å². The van der Waals surface area contributed by atoms with Crippen LogP contribution in [0, 0.1) is 0 Å². The minimum Gasteiger partial charge on any atom is -0.398 e. The van der Waals surface area contributed by atoms with Gasteiger partial charge in [-0.05, 0) is 12.1 Å². The molecule has 3 N–H and O–H groups in total. The van der Waals surface area contributed by atoms with Crippen LogP contribution >= 0.6 is 11.6 Å². The fraction of sp³-hybridized carbons (Fsp3) is 0.222. The van der Waals surface area contributed by atoms with E-state index in [4.69, 9.17) is 17.3 Å². The maximum absolute atomic E-state index is 11.9. The number of hydrogen-bond acceptors (Lipinski definition) is 2. The van der Waals surface area contributed by atoms with E-state index in [9.17, 15) is 18.0 Å². The van der Waals surface area contributed by atoms with Crippen molar-refractivity contribution in [1.29, 1.82) is 0 Å². The van der Waals surface area contributed by atoms with Crippen molar-refractivity contribution in [2.45, 2.75) is 6.18 Å². The van der Waals surface area contributed by atoms with E-state index in [0.717, 1.165) is 0 Å². The van der Waals surface area contributed by atoms with E-state index in [-0.39, 0.29) is 16.3 Å². The first-order chi connectivity index (χ1) is 7.31. The Bertz CT molecular complexity index is 386. The number of nitrogens with one attached hydrogen (secondary N) is 1. The van der Waals surface area contributed by atoms with Crippen LogP contribution in [0.1, 0.15) is 10.4 Å². The van der Waals surface area contributed by atoms with Gasteiger partial charge in [0.15, 0.2) is 0 Å². The first-order valence-corrected chi connectivity index (χ1v) is 4.58. The Morgan fingerprint density at radius 1 is 1.44 bits per heavy atom. The SMILES string of the molecule is Nc1cccc(Cl)c1C(=O)NCC(F)(F)F. The molecular weight excluding hydrogens is 245 g/mol. The van der Waals surface area contributed by atoms with Crippen molar-refractivity contribution in [3.63, 3.8) is 0 Å². The van der Waals surface area contributed by atoms with Crippen LogP contribution in [0.15, 0.2) is 18.2 Å². The lowest BCUT2D eigenvalue weighted by atomic mass is 10.1. The zero-order valence-corrected chi connectivity index (χ0v) is 8.69. The summed E-state index contributed by atoms with van der Waals surface area (Å²) in [6.45, 7) is -1.42. The summed E-state index contributed by atoms with van der Waals surface area (Å²) >= 11 is 5.65. The number of rotatable bonds is 2. The highest BCUT2D eigenvalue weighted by Crippen LogP contribution is 2.22. The molecule has 0 saturated carbocycles. The summed E-state index contributed by atoms with van der Waals surface area (Å²) in [5.41, 5.74) is 5.32. The topological polar surface area (TPSA) is 55.1 Å². The van der Waals surface area contributed by atoms with Gasteiger partial charge >= 0.3 is 6.18 Å². The third-order valence-electron chi connectivity index (χ3n) is 1.72. The maximum atomic E-state index is 11.9. The minimum atomic E-state index is -4.47. The number of carbonyl (C=O) groups is 1. The fourth-order valence-corrected chi connectivity index (χ4v) is 1.32.